The van der Waals surface area contributed by atoms with Crippen molar-refractivity contribution in [2.45, 2.75) is 10.4 Å². The molecule has 0 aliphatic heterocycles. The van der Waals surface area contributed by atoms with Crippen molar-refractivity contribution in [1.29, 1.82) is 0 Å². The van der Waals surface area contributed by atoms with Crippen LogP contribution in [0, 0.1) is 0 Å². The summed E-state index contributed by atoms with van der Waals surface area (Å²) in [5.74, 6) is 0. The van der Waals surface area contributed by atoms with E-state index in [4.69, 9.17) is 0 Å². The lowest BCUT2D eigenvalue weighted by atomic mass is 10.2. The van der Waals surface area contributed by atoms with Crippen molar-refractivity contribution in [1.82, 2.24) is 4.98 Å². The number of halogens is 3. The van der Waals surface area contributed by atoms with E-state index in [1.54, 1.807) is 12.1 Å². The van der Waals surface area contributed by atoms with Crippen molar-refractivity contribution >= 4 is 22.5 Å². The van der Waals surface area contributed by atoms with E-state index >= 15 is 0 Å². The fourth-order valence-corrected chi connectivity index (χ4v) is 2.13. The molecule has 1 heterocycles. The molecule has 1 N–H and O–H groups in total. The van der Waals surface area contributed by atoms with Gasteiger partial charge in [-0.3, -0.25) is 4.79 Å². The number of nitrogens with one attached hydrogen (secondary N) is 1. The maximum atomic E-state index is 12.3. The van der Waals surface area contributed by atoms with Gasteiger partial charge in [0, 0.05) is 11.1 Å². The second-order valence-corrected chi connectivity index (χ2v) is 4.18. The molecule has 0 bridgehead atoms. The van der Waals surface area contributed by atoms with Gasteiger partial charge in [-0.1, -0.05) is 12.1 Å². The molecule has 0 aliphatic rings. The number of alkyl halides is 3. The van der Waals surface area contributed by atoms with Crippen LogP contribution in [0.15, 0.2) is 40.2 Å². The van der Waals surface area contributed by atoms with Crippen LogP contribution in [0.2, 0.25) is 0 Å². The summed E-state index contributed by atoms with van der Waals surface area (Å²) in [6.07, 6.45) is 1.41. The van der Waals surface area contributed by atoms with Crippen LogP contribution in [0.1, 0.15) is 0 Å². The van der Waals surface area contributed by atoms with Crippen molar-refractivity contribution in [3.8, 4) is 0 Å². The van der Waals surface area contributed by atoms with Crippen LogP contribution in [0.4, 0.5) is 13.2 Å². The molecule has 2 rings (SSSR count). The molecule has 0 radical (unpaired) electrons. The zero-order valence-electron chi connectivity index (χ0n) is 7.84. The van der Waals surface area contributed by atoms with Crippen molar-refractivity contribution in [3.05, 3.63) is 40.8 Å². The number of fused-ring (bicyclic) bond motifs is 1. The highest BCUT2D eigenvalue weighted by Gasteiger charge is 2.30. The van der Waals surface area contributed by atoms with E-state index in [-0.39, 0.29) is 22.0 Å². The van der Waals surface area contributed by atoms with Gasteiger partial charge < -0.3 is 4.98 Å². The Labute approximate surface area is 92.5 Å². The summed E-state index contributed by atoms with van der Waals surface area (Å²) in [5, 5.41) is 0.574. The van der Waals surface area contributed by atoms with Crippen LogP contribution in [0.5, 0.6) is 0 Å². The fourth-order valence-electron chi connectivity index (χ4n) is 1.42. The van der Waals surface area contributed by atoms with Crippen LogP contribution in [-0.4, -0.2) is 10.5 Å². The normalized spacial score (nSPS) is 11.9. The Morgan fingerprint density at radius 3 is 2.62 bits per heavy atom. The average Bonchev–Trinajstić information content (AvgIpc) is 2.15. The lowest BCUT2D eigenvalue weighted by molar-refractivity contribution is -0.0327. The summed E-state index contributed by atoms with van der Waals surface area (Å²) in [6, 6.07) is 5.95. The number of hydrogen-bond donors (Lipinski definition) is 1. The first kappa shape index (κ1) is 11.1. The highest BCUT2D eigenvalue weighted by molar-refractivity contribution is 8.00. The van der Waals surface area contributed by atoms with Gasteiger partial charge in [0.25, 0.3) is 5.56 Å². The van der Waals surface area contributed by atoms with Crippen LogP contribution in [0.3, 0.4) is 0 Å². The molecule has 16 heavy (non-hydrogen) atoms. The van der Waals surface area contributed by atoms with E-state index in [2.05, 4.69) is 4.98 Å². The van der Waals surface area contributed by atoms with Gasteiger partial charge >= 0.3 is 5.51 Å². The van der Waals surface area contributed by atoms with E-state index in [1.165, 1.54) is 18.3 Å². The second kappa shape index (κ2) is 3.86. The summed E-state index contributed by atoms with van der Waals surface area (Å²) < 4.78 is 36.8. The Morgan fingerprint density at radius 1 is 1.19 bits per heavy atom. The van der Waals surface area contributed by atoms with E-state index in [1.807, 2.05) is 0 Å². The number of aromatic nitrogens is 1. The molecule has 0 amide bonds. The predicted molar refractivity (Wildman–Crippen MR) is 56.5 cm³/mol. The monoisotopic (exact) mass is 245 g/mol. The third-order valence-corrected chi connectivity index (χ3v) is 2.78. The third kappa shape index (κ3) is 2.21. The minimum Gasteiger partial charge on any atom is -0.329 e. The molecule has 0 fully saturated rings. The molecule has 2 aromatic rings. The summed E-state index contributed by atoms with van der Waals surface area (Å²) in [4.78, 5) is 13.7. The largest absolute Gasteiger partial charge is 0.446 e. The van der Waals surface area contributed by atoms with Crippen molar-refractivity contribution in [3.63, 3.8) is 0 Å². The number of aromatic amines is 1. The standard InChI is InChI=1S/C10H6F3NOS/c11-10(12,13)16-7-3-1-2-6-4-5-14-9(15)8(6)7/h1-5H,(H,14,15). The number of H-pyrrole nitrogens is 1. The molecule has 84 valence electrons. The Morgan fingerprint density at radius 2 is 1.94 bits per heavy atom. The van der Waals surface area contributed by atoms with Crippen LogP contribution < -0.4 is 5.56 Å². The molecule has 1 aromatic heterocycles. The first-order chi connectivity index (χ1) is 7.47. The van der Waals surface area contributed by atoms with Crippen molar-refractivity contribution < 1.29 is 13.2 Å². The summed E-state index contributed by atoms with van der Waals surface area (Å²) >= 11 is -0.276. The minimum absolute atomic E-state index is 0.0762. The molecular weight excluding hydrogens is 239 g/mol. The Balaban J connectivity index is 2.66. The lowest BCUT2D eigenvalue weighted by Crippen LogP contribution is -2.07. The molecule has 0 unspecified atom stereocenters. The van der Waals surface area contributed by atoms with Crippen LogP contribution in [-0.2, 0) is 0 Å². The number of benzene rings is 1. The molecule has 0 spiro atoms. The van der Waals surface area contributed by atoms with Gasteiger partial charge in [-0.15, -0.1) is 0 Å². The first-order valence-corrected chi connectivity index (χ1v) is 5.15. The molecule has 0 saturated carbocycles. The van der Waals surface area contributed by atoms with Gasteiger partial charge in [-0.2, -0.15) is 13.2 Å². The summed E-state index contributed by atoms with van der Waals surface area (Å²) in [6.45, 7) is 0. The van der Waals surface area contributed by atoms with E-state index in [0.717, 1.165) is 0 Å². The maximum absolute atomic E-state index is 12.3. The van der Waals surface area contributed by atoms with Gasteiger partial charge in [0.2, 0.25) is 0 Å². The zero-order chi connectivity index (χ0) is 11.8. The predicted octanol–water partition coefficient (Wildman–Crippen LogP) is 3.14. The van der Waals surface area contributed by atoms with Gasteiger partial charge in [-0.05, 0) is 29.3 Å². The van der Waals surface area contributed by atoms with E-state index in [0.29, 0.717) is 5.39 Å². The van der Waals surface area contributed by atoms with Gasteiger partial charge in [0.05, 0.1) is 5.39 Å². The minimum atomic E-state index is -4.39. The number of hydrogen-bond acceptors (Lipinski definition) is 2. The van der Waals surface area contributed by atoms with Crippen molar-refractivity contribution in [2.24, 2.45) is 0 Å². The van der Waals surface area contributed by atoms with E-state index < -0.39 is 11.1 Å². The smallest absolute Gasteiger partial charge is 0.329 e. The molecule has 6 heteroatoms. The molecule has 1 aromatic carbocycles. The van der Waals surface area contributed by atoms with Crippen LogP contribution >= 0.6 is 11.8 Å². The third-order valence-electron chi connectivity index (χ3n) is 1.99. The molecule has 0 atom stereocenters. The SMILES string of the molecule is O=c1[nH]ccc2cccc(SC(F)(F)F)c12. The maximum Gasteiger partial charge on any atom is 0.446 e. The number of pyridine rings is 1. The fraction of sp³-hybridized carbons (Fsp3) is 0.100. The van der Waals surface area contributed by atoms with E-state index in [9.17, 15) is 18.0 Å². The van der Waals surface area contributed by atoms with Gasteiger partial charge in [-0.25, -0.2) is 0 Å². The molecule has 2 nitrogen and oxygen atoms in total. The lowest BCUT2D eigenvalue weighted by Gasteiger charge is -2.07. The Hall–Kier alpha value is -1.43. The number of thioether (sulfide) groups is 1. The zero-order valence-corrected chi connectivity index (χ0v) is 8.65. The highest BCUT2D eigenvalue weighted by Crippen LogP contribution is 2.38. The quantitative estimate of drug-likeness (QED) is 0.783. The van der Waals surface area contributed by atoms with Gasteiger partial charge in [0.1, 0.15) is 0 Å². The molecule has 0 saturated heterocycles. The second-order valence-electron chi connectivity index (χ2n) is 3.07. The Bertz CT molecular complexity index is 571. The van der Waals surface area contributed by atoms with Crippen molar-refractivity contribution in [2.75, 3.05) is 0 Å². The van der Waals surface area contributed by atoms with Gasteiger partial charge in [0.15, 0.2) is 0 Å². The molecular formula is C10H6F3NOS. The average molecular weight is 245 g/mol. The number of rotatable bonds is 1. The van der Waals surface area contributed by atoms with Crippen LogP contribution in [0.25, 0.3) is 10.8 Å². The Kier molecular flexibility index (Phi) is 2.67. The summed E-state index contributed by atoms with van der Waals surface area (Å²) in [7, 11) is 0. The molecule has 0 aliphatic carbocycles. The summed E-state index contributed by atoms with van der Waals surface area (Å²) in [5.41, 5.74) is -4.90. The topological polar surface area (TPSA) is 32.9 Å². The highest BCUT2D eigenvalue weighted by atomic mass is 32.2. The first-order valence-electron chi connectivity index (χ1n) is 4.33.